The monoisotopic (exact) mass is 293 g/mol. The fourth-order valence-corrected chi connectivity index (χ4v) is 2.81. The SMILES string of the molecule is CCCCCCCCC(CCc1cnn(C)c1)NCCC. The van der Waals surface area contributed by atoms with E-state index in [1.165, 1.54) is 63.4 Å². The van der Waals surface area contributed by atoms with Crippen LogP contribution in [0.25, 0.3) is 0 Å². The van der Waals surface area contributed by atoms with Crippen LogP contribution in [0.5, 0.6) is 0 Å². The molecule has 3 heteroatoms. The minimum atomic E-state index is 0.677. The number of rotatable bonds is 13. The molecule has 0 aliphatic carbocycles. The molecular formula is C18H35N3. The molecule has 122 valence electrons. The van der Waals surface area contributed by atoms with E-state index in [0.717, 1.165) is 13.0 Å². The molecule has 21 heavy (non-hydrogen) atoms. The number of hydrogen-bond donors (Lipinski definition) is 1. The van der Waals surface area contributed by atoms with Crippen molar-refractivity contribution in [3.8, 4) is 0 Å². The Balaban J connectivity index is 2.20. The summed E-state index contributed by atoms with van der Waals surface area (Å²) in [6, 6.07) is 0.677. The fraction of sp³-hybridized carbons (Fsp3) is 0.833. The van der Waals surface area contributed by atoms with E-state index >= 15 is 0 Å². The lowest BCUT2D eigenvalue weighted by Gasteiger charge is -2.18. The molecule has 0 spiro atoms. The third-order valence-corrected chi connectivity index (χ3v) is 4.13. The molecule has 0 aromatic carbocycles. The van der Waals surface area contributed by atoms with Crippen LogP contribution < -0.4 is 5.32 Å². The third kappa shape index (κ3) is 8.92. The second-order valence-electron chi connectivity index (χ2n) is 6.27. The average Bonchev–Trinajstić information content (AvgIpc) is 2.90. The Morgan fingerprint density at radius 1 is 1.05 bits per heavy atom. The number of aromatic nitrogens is 2. The summed E-state index contributed by atoms with van der Waals surface area (Å²) < 4.78 is 1.90. The van der Waals surface area contributed by atoms with Crippen LogP contribution in [0.2, 0.25) is 0 Å². The summed E-state index contributed by atoms with van der Waals surface area (Å²) in [5.41, 5.74) is 1.36. The second-order valence-corrected chi connectivity index (χ2v) is 6.27. The molecule has 0 radical (unpaired) electrons. The maximum Gasteiger partial charge on any atom is 0.0521 e. The molecule has 0 saturated carbocycles. The number of nitrogens with one attached hydrogen (secondary N) is 1. The van der Waals surface area contributed by atoms with Gasteiger partial charge in [0, 0.05) is 19.3 Å². The Hall–Kier alpha value is -0.830. The highest BCUT2D eigenvalue weighted by molar-refractivity contribution is 5.03. The first-order valence-corrected chi connectivity index (χ1v) is 8.97. The fourth-order valence-electron chi connectivity index (χ4n) is 2.81. The molecular weight excluding hydrogens is 258 g/mol. The van der Waals surface area contributed by atoms with E-state index < -0.39 is 0 Å². The van der Waals surface area contributed by atoms with Crippen molar-refractivity contribution in [1.82, 2.24) is 15.1 Å². The Labute approximate surface area is 131 Å². The zero-order valence-electron chi connectivity index (χ0n) is 14.4. The van der Waals surface area contributed by atoms with Crippen LogP contribution in [0.4, 0.5) is 0 Å². The zero-order valence-corrected chi connectivity index (χ0v) is 14.4. The molecule has 1 aromatic heterocycles. The van der Waals surface area contributed by atoms with E-state index in [0.29, 0.717) is 6.04 Å². The van der Waals surface area contributed by atoms with Gasteiger partial charge >= 0.3 is 0 Å². The van der Waals surface area contributed by atoms with Crippen LogP contribution in [0.15, 0.2) is 12.4 Å². The minimum absolute atomic E-state index is 0.677. The number of unbranched alkanes of at least 4 members (excludes halogenated alkanes) is 5. The normalized spacial score (nSPS) is 12.7. The lowest BCUT2D eigenvalue weighted by Crippen LogP contribution is -2.30. The molecule has 1 heterocycles. The van der Waals surface area contributed by atoms with E-state index in [2.05, 4.69) is 30.5 Å². The quantitative estimate of drug-likeness (QED) is 0.544. The molecule has 1 atom stereocenters. The number of nitrogens with zero attached hydrogens (tertiary/aromatic N) is 2. The first kappa shape index (κ1) is 18.2. The third-order valence-electron chi connectivity index (χ3n) is 4.13. The van der Waals surface area contributed by atoms with Crippen LogP contribution in [-0.2, 0) is 13.5 Å². The summed E-state index contributed by atoms with van der Waals surface area (Å²) in [6.45, 7) is 5.67. The van der Waals surface area contributed by atoms with Crippen molar-refractivity contribution in [1.29, 1.82) is 0 Å². The minimum Gasteiger partial charge on any atom is -0.314 e. The van der Waals surface area contributed by atoms with Crippen molar-refractivity contribution >= 4 is 0 Å². The molecule has 0 amide bonds. The summed E-state index contributed by atoms with van der Waals surface area (Å²) in [6.07, 6.45) is 17.4. The molecule has 0 aliphatic heterocycles. The molecule has 0 bridgehead atoms. The van der Waals surface area contributed by atoms with Crippen molar-refractivity contribution in [2.24, 2.45) is 7.05 Å². The van der Waals surface area contributed by atoms with Crippen LogP contribution in [0.1, 0.15) is 77.2 Å². The van der Waals surface area contributed by atoms with Crippen LogP contribution in [-0.4, -0.2) is 22.4 Å². The highest BCUT2D eigenvalue weighted by atomic mass is 15.2. The van der Waals surface area contributed by atoms with Crippen molar-refractivity contribution in [3.63, 3.8) is 0 Å². The largest absolute Gasteiger partial charge is 0.314 e. The molecule has 1 rings (SSSR count). The maximum absolute atomic E-state index is 4.26. The molecule has 1 N–H and O–H groups in total. The molecule has 1 aromatic rings. The van der Waals surface area contributed by atoms with Gasteiger partial charge in [0.15, 0.2) is 0 Å². The van der Waals surface area contributed by atoms with Gasteiger partial charge in [0.25, 0.3) is 0 Å². The first-order chi connectivity index (χ1) is 10.3. The average molecular weight is 293 g/mol. The second kappa shape index (κ2) is 11.8. The lowest BCUT2D eigenvalue weighted by molar-refractivity contribution is 0.430. The van der Waals surface area contributed by atoms with Gasteiger partial charge in [-0.2, -0.15) is 5.10 Å². The molecule has 3 nitrogen and oxygen atoms in total. The van der Waals surface area contributed by atoms with Gasteiger partial charge in [-0.25, -0.2) is 0 Å². The standard InChI is InChI=1S/C18H35N3/c1-4-6-7-8-9-10-11-18(19-14-5-2)13-12-17-15-20-21(3)16-17/h15-16,18-19H,4-14H2,1-3H3. The maximum atomic E-state index is 4.26. The van der Waals surface area contributed by atoms with Gasteiger partial charge < -0.3 is 5.32 Å². The van der Waals surface area contributed by atoms with Crippen LogP contribution >= 0.6 is 0 Å². The van der Waals surface area contributed by atoms with Gasteiger partial charge in [0.05, 0.1) is 6.20 Å². The Kier molecular flexibility index (Phi) is 10.2. The van der Waals surface area contributed by atoms with Gasteiger partial charge in [-0.1, -0.05) is 52.4 Å². The van der Waals surface area contributed by atoms with Crippen molar-refractivity contribution in [3.05, 3.63) is 18.0 Å². The first-order valence-electron chi connectivity index (χ1n) is 8.97. The van der Waals surface area contributed by atoms with Crippen molar-refractivity contribution < 1.29 is 0 Å². The molecule has 0 fully saturated rings. The summed E-state index contributed by atoms with van der Waals surface area (Å²) in [5, 5.41) is 7.98. The summed E-state index contributed by atoms with van der Waals surface area (Å²) in [5.74, 6) is 0. The zero-order chi connectivity index (χ0) is 15.3. The number of hydrogen-bond acceptors (Lipinski definition) is 2. The van der Waals surface area contributed by atoms with Gasteiger partial charge in [0.2, 0.25) is 0 Å². The topological polar surface area (TPSA) is 29.9 Å². The highest BCUT2D eigenvalue weighted by Gasteiger charge is 2.08. The highest BCUT2D eigenvalue weighted by Crippen LogP contribution is 2.12. The van der Waals surface area contributed by atoms with E-state index in [1.54, 1.807) is 0 Å². The van der Waals surface area contributed by atoms with Crippen molar-refractivity contribution in [2.45, 2.75) is 84.1 Å². The van der Waals surface area contributed by atoms with Crippen molar-refractivity contribution in [2.75, 3.05) is 6.54 Å². The van der Waals surface area contributed by atoms with Gasteiger partial charge in [-0.05, 0) is 37.8 Å². The molecule has 1 unspecified atom stereocenters. The van der Waals surface area contributed by atoms with Crippen LogP contribution in [0, 0.1) is 0 Å². The predicted molar refractivity (Wildman–Crippen MR) is 91.6 cm³/mol. The Bertz CT molecular complexity index is 346. The lowest BCUT2D eigenvalue weighted by atomic mass is 10.0. The van der Waals surface area contributed by atoms with Gasteiger partial charge in [0.1, 0.15) is 0 Å². The van der Waals surface area contributed by atoms with E-state index in [1.807, 2.05) is 17.9 Å². The molecule has 0 saturated heterocycles. The van der Waals surface area contributed by atoms with E-state index in [9.17, 15) is 0 Å². The van der Waals surface area contributed by atoms with E-state index in [4.69, 9.17) is 0 Å². The predicted octanol–water partition coefficient (Wildman–Crippen LogP) is 4.47. The Morgan fingerprint density at radius 3 is 2.48 bits per heavy atom. The molecule has 0 aliphatic rings. The number of aryl methyl sites for hydroxylation is 2. The summed E-state index contributed by atoms with van der Waals surface area (Å²) >= 11 is 0. The Morgan fingerprint density at radius 2 is 1.81 bits per heavy atom. The van der Waals surface area contributed by atoms with Gasteiger partial charge in [-0.3, -0.25) is 4.68 Å². The smallest absolute Gasteiger partial charge is 0.0521 e. The van der Waals surface area contributed by atoms with E-state index in [-0.39, 0.29) is 0 Å². The van der Waals surface area contributed by atoms with Crippen LogP contribution in [0.3, 0.4) is 0 Å². The summed E-state index contributed by atoms with van der Waals surface area (Å²) in [7, 11) is 1.99. The van der Waals surface area contributed by atoms with Gasteiger partial charge in [-0.15, -0.1) is 0 Å². The summed E-state index contributed by atoms with van der Waals surface area (Å²) in [4.78, 5) is 0.